The summed E-state index contributed by atoms with van der Waals surface area (Å²) in [7, 11) is 0. The van der Waals surface area contributed by atoms with Crippen LogP contribution >= 0.6 is 0 Å². The Balaban J connectivity index is 2.01. The average Bonchev–Trinajstić information content (AvgIpc) is 2.93. The van der Waals surface area contributed by atoms with Crippen LogP contribution in [-0.2, 0) is 6.54 Å². The van der Waals surface area contributed by atoms with Gasteiger partial charge in [-0.15, -0.1) is 0 Å². The maximum Gasteiger partial charge on any atom is 0.224 e. The number of hydrogen-bond donors (Lipinski definition) is 2. The SMILES string of the molecule is CCN(Cc1ccccc1)c1nc(N)nc2nc[nH]c12. The van der Waals surface area contributed by atoms with E-state index in [1.165, 1.54) is 5.56 Å². The van der Waals surface area contributed by atoms with Gasteiger partial charge in [0.05, 0.1) is 6.33 Å². The van der Waals surface area contributed by atoms with Gasteiger partial charge in [-0.1, -0.05) is 30.3 Å². The third-order valence-corrected chi connectivity index (χ3v) is 3.18. The van der Waals surface area contributed by atoms with Gasteiger partial charge in [-0.3, -0.25) is 0 Å². The van der Waals surface area contributed by atoms with E-state index in [1.807, 2.05) is 18.2 Å². The number of nitrogens with one attached hydrogen (secondary N) is 1. The van der Waals surface area contributed by atoms with Gasteiger partial charge in [-0.25, -0.2) is 4.98 Å². The van der Waals surface area contributed by atoms with Gasteiger partial charge in [-0.05, 0) is 12.5 Å². The zero-order valence-electron chi connectivity index (χ0n) is 11.2. The third-order valence-electron chi connectivity index (χ3n) is 3.18. The predicted molar refractivity (Wildman–Crippen MR) is 79.3 cm³/mol. The number of aromatic amines is 1. The Labute approximate surface area is 116 Å². The Bertz CT molecular complexity index is 706. The number of fused-ring (bicyclic) bond motifs is 1. The lowest BCUT2D eigenvalue weighted by Gasteiger charge is -2.22. The minimum atomic E-state index is 0.242. The molecule has 0 spiro atoms. The van der Waals surface area contributed by atoms with Crippen LogP contribution in [0.4, 0.5) is 11.8 Å². The highest BCUT2D eigenvalue weighted by Gasteiger charge is 2.14. The van der Waals surface area contributed by atoms with Crippen LogP contribution in [0.15, 0.2) is 36.7 Å². The quantitative estimate of drug-likeness (QED) is 0.755. The van der Waals surface area contributed by atoms with Crippen molar-refractivity contribution in [3.05, 3.63) is 42.2 Å². The van der Waals surface area contributed by atoms with Crippen LogP contribution in [0.2, 0.25) is 0 Å². The zero-order valence-corrected chi connectivity index (χ0v) is 11.2. The van der Waals surface area contributed by atoms with Crippen molar-refractivity contribution in [3.8, 4) is 0 Å². The Morgan fingerprint density at radius 1 is 1.20 bits per heavy atom. The molecular formula is C14H16N6. The lowest BCUT2D eigenvalue weighted by Crippen LogP contribution is -2.24. The summed E-state index contributed by atoms with van der Waals surface area (Å²) in [4.78, 5) is 17.9. The monoisotopic (exact) mass is 268 g/mol. The number of hydrogen-bond acceptors (Lipinski definition) is 5. The molecule has 0 aliphatic rings. The Hall–Kier alpha value is -2.63. The first-order valence-electron chi connectivity index (χ1n) is 6.53. The first-order valence-corrected chi connectivity index (χ1v) is 6.53. The third kappa shape index (κ3) is 2.27. The molecule has 3 rings (SSSR count). The Morgan fingerprint density at radius 2 is 2.00 bits per heavy atom. The van der Waals surface area contributed by atoms with Gasteiger partial charge >= 0.3 is 0 Å². The number of nitrogens with two attached hydrogens (primary N) is 1. The van der Waals surface area contributed by atoms with Crippen molar-refractivity contribution in [2.45, 2.75) is 13.5 Å². The maximum atomic E-state index is 5.77. The summed E-state index contributed by atoms with van der Waals surface area (Å²) in [6, 6.07) is 10.3. The number of anilines is 2. The van der Waals surface area contributed by atoms with E-state index in [1.54, 1.807) is 6.33 Å². The average molecular weight is 268 g/mol. The summed E-state index contributed by atoms with van der Waals surface area (Å²) in [5, 5.41) is 0. The van der Waals surface area contributed by atoms with Crippen LogP contribution in [0.25, 0.3) is 11.2 Å². The molecule has 2 heterocycles. The fourth-order valence-electron chi connectivity index (χ4n) is 2.20. The maximum absolute atomic E-state index is 5.77. The number of nitrogens with zero attached hydrogens (tertiary/aromatic N) is 4. The molecule has 3 aromatic rings. The summed E-state index contributed by atoms with van der Waals surface area (Å²) in [6.45, 7) is 3.67. The first-order chi connectivity index (χ1) is 9.78. The Morgan fingerprint density at radius 3 is 2.75 bits per heavy atom. The predicted octanol–water partition coefficient (Wildman–Crippen LogP) is 1.96. The van der Waals surface area contributed by atoms with Crippen molar-refractivity contribution in [1.29, 1.82) is 0 Å². The minimum Gasteiger partial charge on any atom is -0.368 e. The smallest absolute Gasteiger partial charge is 0.224 e. The molecule has 102 valence electrons. The summed E-state index contributed by atoms with van der Waals surface area (Å²) in [6.07, 6.45) is 1.61. The minimum absolute atomic E-state index is 0.242. The van der Waals surface area contributed by atoms with Gasteiger partial charge < -0.3 is 15.6 Å². The molecule has 0 unspecified atom stereocenters. The summed E-state index contributed by atoms with van der Waals surface area (Å²) >= 11 is 0. The zero-order chi connectivity index (χ0) is 13.9. The van der Waals surface area contributed by atoms with Crippen molar-refractivity contribution in [2.24, 2.45) is 0 Å². The molecule has 6 nitrogen and oxygen atoms in total. The Kier molecular flexibility index (Phi) is 3.20. The van der Waals surface area contributed by atoms with E-state index in [2.05, 4.69) is 43.9 Å². The lowest BCUT2D eigenvalue weighted by molar-refractivity contribution is 0.816. The second-order valence-corrected chi connectivity index (χ2v) is 4.51. The standard InChI is InChI=1S/C14H16N6/c1-2-20(8-10-6-4-3-5-7-10)13-11-12(17-9-16-11)18-14(15)19-13/h3-7,9H,2,8H2,1H3,(H3,15,16,17,18,19). The molecule has 0 aliphatic heterocycles. The van der Waals surface area contributed by atoms with Gasteiger partial charge in [0.1, 0.15) is 5.52 Å². The van der Waals surface area contributed by atoms with Crippen LogP contribution < -0.4 is 10.6 Å². The van der Waals surface area contributed by atoms with Crippen LogP contribution in [0, 0.1) is 0 Å². The number of benzene rings is 1. The van der Waals surface area contributed by atoms with Crippen LogP contribution in [0.3, 0.4) is 0 Å². The molecule has 3 N–H and O–H groups in total. The number of nitrogen functional groups attached to an aromatic ring is 1. The van der Waals surface area contributed by atoms with E-state index in [4.69, 9.17) is 5.73 Å². The van der Waals surface area contributed by atoms with Crippen molar-refractivity contribution in [2.75, 3.05) is 17.2 Å². The highest BCUT2D eigenvalue weighted by Crippen LogP contribution is 2.23. The van der Waals surface area contributed by atoms with Crippen molar-refractivity contribution in [1.82, 2.24) is 19.9 Å². The van der Waals surface area contributed by atoms with E-state index in [0.29, 0.717) is 5.65 Å². The molecule has 0 saturated carbocycles. The summed E-state index contributed by atoms with van der Waals surface area (Å²) in [5.41, 5.74) is 8.40. The molecule has 0 amide bonds. The molecule has 0 saturated heterocycles. The fraction of sp³-hybridized carbons (Fsp3) is 0.214. The normalized spacial score (nSPS) is 10.8. The molecule has 2 aromatic heterocycles. The molecule has 0 radical (unpaired) electrons. The second-order valence-electron chi connectivity index (χ2n) is 4.51. The van der Waals surface area contributed by atoms with Crippen molar-refractivity contribution < 1.29 is 0 Å². The van der Waals surface area contributed by atoms with Gasteiger partial charge in [-0.2, -0.15) is 9.97 Å². The van der Waals surface area contributed by atoms with E-state index < -0.39 is 0 Å². The lowest BCUT2D eigenvalue weighted by atomic mass is 10.2. The van der Waals surface area contributed by atoms with Gasteiger partial charge in [0, 0.05) is 13.1 Å². The molecule has 6 heteroatoms. The van der Waals surface area contributed by atoms with Crippen LogP contribution in [-0.4, -0.2) is 26.5 Å². The second kappa shape index (κ2) is 5.16. The van der Waals surface area contributed by atoms with Gasteiger partial charge in [0.2, 0.25) is 5.95 Å². The number of rotatable bonds is 4. The van der Waals surface area contributed by atoms with E-state index in [-0.39, 0.29) is 5.95 Å². The number of imidazole rings is 1. The van der Waals surface area contributed by atoms with E-state index >= 15 is 0 Å². The van der Waals surface area contributed by atoms with Gasteiger partial charge in [0.25, 0.3) is 0 Å². The van der Waals surface area contributed by atoms with Gasteiger partial charge in [0.15, 0.2) is 11.5 Å². The number of H-pyrrole nitrogens is 1. The molecule has 0 atom stereocenters. The molecule has 0 aliphatic carbocycles. The first kappa shape index (κ1) is 12.4. The molecule has 0 bridgehead atoms. The molecule has 0 fully saturated rings. The molecular weight excluding hydrogens is 252 g/mol. The highest BCUT2D eigenvalue weighted by molar-refractivity contribution is 5.84. The summed E-state index contributed by atoms with van der Waals surface area (Å²) in [5.74, 6) is 1.03. The topological polar surface area (TPSA) is 83.7 Å². The number of aromatic nitrogens is 4. The largest absolute Gasteiger partial charge is 0.368 e. The van der Waals surface area contributed by atoms with Crippen molar-refractivity contribution >= 4 is 22.9 Å². The fourth-order valence-corrected chi connectivity index (χ4v) is 2.20. The van der Waals surface area contributed by atoms with E-state index in [9.17, 15) is 0 Å². The van der Waals surface area contributed by atoms with Crippen LogP contribution in [0.1, 0.15) is 12.5 Å². The van der Waals surface area contributed by atoms with E-state index in [0.717, 1.165) is 24.4 Å². The molecule has 1 aromatic carbocycles. The molecule has 20 heavy (non-hydrogen) atoms. The summed E-state index contributed by atoms with van der Waals surface area (Å²) < 4.78 is 0. The highest BCUT2D eigenvalue weighted by atomic mass is 15.2. The van der Waals surface area contributed by atoms with Crippen molar-refractivity contribution in [3.63, 3.8) is 0 Å². The van der Waals surface area contributed by atoms with Crippen LogP contribution in [0.5, 0.6) is 0 Å².